The maximum absolute atomic E-state index is 13.3. The lowest BCUT2D eigenvalue weighted by molar-refractivity contribution is 0.590. The molecule has 0 unspecified atom stereocenters. The zero-order valence-corrected chi connectivity index (χ0v) is 17.1. The second-order valence-corrected chi connectivity index (χ2v) is 9.07. The molecule has 0 aliphatic heterocycles. The lowest BCUT2D eigenvalue weighted by Gasteiger charge is -2.25. The van der Waals surface area contributed by atoms with Gasteiger partial charge in [0.15, 0.2) is 0 Å². The van der Waals surface area contributed by atoms with E-state index in [4.69, 9.17) is 0 Å². The molecular formula is C21H20BrNO2S. The van der Waals surface area contributed by atoms with Gasteiger partial charge in [-0.2, -0.15) is 0 Å². The molecule has 26 heavy (non-hydrogen) atoms. The van der Waals surface area contributed by atoms with Crippen LogP contribution in [0.3, 0.4) is 0 Å². The van der Waals surface area contributed by atoms with Gasteiger partial charge < -0.3 is 0 Å². The van der Waals surface area contributed by atoms with Crippen molar-refractivity contribution in [3.63, 3.8) is 0 Å². The first kappa shape index (κ1) is 18.7. The molecule has 0 saturated heterocycles. The SMILES string of the molecule is Cc1ccc(S(=O)(=O)N(Cc2ccc(Br)cc2)c2cccc(C)c2)cc1. The van der Waals surface area contributed by atoms with E-state index < -0.39 is 10.0 Å². The van der Waals surface area contributed by atoms with Crippen LogP contribution in [0.2, 0.25) is 0 Å². The van der Waals surface area contributed by atoms with E-state index in [-0.39, 0.29) is 6.54 Å². The van der Waals surface area contributed by atoms with Crippen molar-refractivity contribution in [3.8, 4) is 0 Å². The molecule has 3 rings (SSSR count). The fourth-order valence-corrected chi connectivity index (χ4v) is 4.40. The average Bonchev–Trinajstić information content (AvgIpc) is 2.61. The minimum Gasteiger partial charge on any atom is -0.262 e. The number of benzene rings is 3. The number of sulfonamides is 1. The van der Waals surface area contributed by atoms with Crippen molar-refractivity contribution in [2.75, 3.05) is 4.31 Å². The highest BCUT2D eigenvalue weighted by Crippen LogP contribution is 2.27. The minimum atomic E-state index is -3.67. The van der Waals surface area contributed by atoms with Crippen LogP contribution in [0, 0.1) is 13.8 Å². The van der Waals surface area contributed by atoms with Gasteiger partial charge in [0.25, 0.3) is 10.0 Å². The van der Waals surface area contributed by atoms with Crippen molar-refractivity contribution in [2.45, 2.75) is 25.3 Å². The molecule has 3 aromatic rings. The van der Waals surface area contributed by atoms with Crippen LogP contribution < -0.4 is 4.31 Å². The van der Waals surface area contributed by atoms with E-state index in [1.165, 1.54) is 4.31 Å². The molecule has 5 heteroatoms. The third-order valence-electron chi connectivity index (χ3n) is 4.14. The zero-order chi connectivity index (χ0) is 18.7. The molecule has 0 aliphatic rings. The average molecular weight is 430 g/mol. The number of halogens is 1. The molecule has 0 fully saturated rings. The molecule has 0 amide bonds. The summed E-state index contributed by atoms with van der Waals surface area (Å²) in [5, 5.41) is 0. The molecule has 0 radical (unpaired) electrons. The third-order valence-corrected chi connectivity index (χ3v) is 6.45. The van der Waals surface area contributed by atoms with Crippen molar-refractivity contribution >= 4 is 31.6 Å². The lowest BCUT2D eigenvalue weighted by Crippen LogP contribution is -2.30. The second kappa shape index (κ2) is 7.64. The summed E-state index contributed by atoms with van der Waals surface area (Å²) >= 11 is 3.42. The number of nitrogens with zero attached hydrogens (tertiary/aromatic N) is 1. The number of hydrogen-bond acceptors (Lipinski definition) is 2. The number of rotatable bonds is 5. The van der Waals surface area contributed by atoms with Crippen LogP contribution >= 0.6 is 15.9 Å². The fourth-order valence-electron chi connectivity index (χ4n) is 2.69. The van der Waals surface area contributed by atoms with Crippen LogP contribution in [0.25, 0.3) is 0 Å². The monoisotopic (exact) mass is 429 g/mol. The summed E-state index contributed by atoms with van der Waals surface area (Å²) in [5.74, 6) is 0. The zero-order valence-electron chi connectivity index (χ0n) is 14.7. The lowest BCUT2D eigenvalue weighted by atomic mass is 10.2. The third kappa shape index (κ3) is 4.17. The van der Waals surface area contributed by atoms with E-state index in [0.29, 0.717) is 10.6 Å². The minimum absolute atomic E-state index is 0.271. The molecule has 0 bridgehead atoms. The summed E-state index contributed by atoms with van der Waals surface area (Å²) in [6, 6.07) is 22.2. The summed E-state index contributed by atoms with van der Waals surface area (Å²) in [7, 11) is -3.67. The van der Waals surface area contributed by atoms with Crippen molar-refractivity contribution in [1.29, 1.82) is 0 Å². The first-order valence-electron chi connectivity index (χ1n) is 8.27. The van der Waals surface area contributed by atoms with E-state index in [0.717, 1.165) is 21.2 Å². The Kier molecular flexibility index (Phi) is 5.49. The van der Waals surface area contributed by atoms with Crippen LogP contribution in [0.4, 0.5) is 5.69 Å². The Morgan fingerprint density at radius 3 is 2.12 bits per heavy atom. The Morgan fingerprint density at radius 2 is 1.50 bits per heavy atom. The van der Waals surface area contributed by atoms with E-state index >= 15 is 0 Å². The van der Waals surface area contributed by atoms with Gasteiger partial charge in [0.2, 0.25) is 0 Å². The molecule has 0 aromatic heterocycles. The molecule has 0 aliphatic carbocycles. The number of aryl methyl sites for hydroxylation is 2. The predicted octanol–water partition coefficient (Wildman–Crippen LogP) is 5.46. The van der Waals surface area contributed by atoms with Crippen molar-refractivity contribution in [1.82, 2.24) is 0 Å². The molecule has 0 heterocycles. The topological polar surface area (TPSA) is 37.4 Å². The van der Waals surface area contributed by atoms with Crippen LogP contribution in [-0.4, -0.2) is 8.42 Å². The molecule has 0 spiro atoms. The first-order valence-corrected chi connectivity index (χ1v) is 10.5. The Hall–Kier alpha value is -2.11. The summed E-state index contributed by atoms with van der Waals surface area (Å²) in [4.78, 5) is 0.293. The maximum Gasteiger partial charge on any atom is 0.264 e. The van der Waals surface area contributed by atoms with Crippen molar-refractivity contribution < 1.29 is 8.42 Å². The van der Waals surface area contributed by atoms with Gasteiger partial charge in [0, 0.05) is 4.47 Å². The predicted molar refractivity (Wildman–Crippen MR) is 110 cm³/mol. The number of anilines is 1. The van der Waals surface area contributed by atoms with Gasteiger partial charge in [-0.15, -0.1) is 0 Å². The molecule has 134 valence electrons. The van der Waals surface area contributed by atoms with Crippen molar-refractivity contribution in [3.05, 3.63) is 94.0 Å². The Labute approximate surface area is 163 Å². The van der Waals surface area contributed by atoms with Crippen molar-refractivity contribution in [2.24, 2.45) is 0 Å². The summed E-state index contributed by atoms with van der Waals surface area (Å²) in [6.45, 7) is 4.17. The molecule has 3 aromatic carbocycles. The van der Waals surface area contributed by atoms with Crippen LogP contribution in [0.1, 0.15) is 16.7 Å². The van der Waals surface area contributed by atoms with Crippen LogP contribution in [0.15, 0.2) is 82.2 Å². The Balaban J connectivity index is 2.07. The van der Waals surface area contributed by atoms with E-state index in [1.807, 2.05) is 74.5 Å². The van der Waals surface area contributed by atoms with Gasteiger partial charge in [0.05, 0.1) is 17.1 Å². The summed E-state index contributed by atoms with van der Waals surface area (Å²) in [6.07, 6.45) is 0. The first-order chi connectivity index (χ1) is 12.4. The molecule has 0 N–H and O–H groups in total. The second-order valence-electron chi connectivity index (χ2n) is 6.29. The molecule has 0 saturated carbocycles. The van der Waals surface area contributed by atoms with E-state index in [2.05, 4.69) is 15.9 Å². The normalized spacial score (nSPS) is 11.3. The van der Waals surface area contributed by atoms with Gasteiger partial charge in [-0.25, -0.2) is 8.42 Å². The highest BCUT2D eigenvalue weighted by molar-refractivity contribution is 9.10. The maximum atomic E-state index is 13.3. The van der Waals surface area contributed by atoms with Gasteiger partial charge in [0.1, 0.15) is 0 Å². The van der Waals surface area contributed by atoms with Gasteiger partial charge >= 0.3 is 0 Å². The quantitative estimate of drug-likeness (QED) is 0.539. The highest BCUT2D eigenvalue weighted by Gasteiger charge is 2.25. The van der Waals surface area contributed by atoms with Gasteiger partial charge in [-0.05, 0) is 61.4 Å². The highest BCUT2D eigenvalue weighted by atomic mass is 79.9. The van der Waals surface area contributed by atoms with E-state index in [9.17, 15) is 8.42 Å². The standard InChI is InChI=1S/C21H20BrNO2S/c1-16-6-12-21(13-7-16)26(24,25)23(20-5-3-4-17(2)14-20)15-18-8-10-19(22)11-9-18/h3-14H,15H2,1-2H3. The Morgan fingerprint density at radius 1 is 0.846 bits per heavy atom. The number of hydrogen-bond donors (Lipinski definition) is 0. The van der Waals surface area contributed by atoms with E-state index in [1.54, 1.807) is 12.1 Å². The van der Waals surface area contributed by atoms with Crippen LogP contribution in [0.5, 0.6) is 0 Å². The summed E-state index contributed by atoms with van der Waals surface area (Å²) in [5.41, 5.74) is 3.63. The molecule has 3 nitrogen and oxygen atoms in total. The fraction of sp³-hybridized carbons (Fsp3) is 0.143. The van der Waals surface area contributed by atoms with Gasteiger partial charge in [-0.3, -0.25) is 4.31 Å². The molecule has 0 atom stereocenters. The largest absolute Gasteiger partial charge is 0.264 e. The smallest absolute Gasteiger partial charge is 0.262 e. The summed E-state index contributed by atoms with van der Waals surface area (Å²) < 4.78 is 29.1. The molecular weight excluding hydrogens is 410 g/mol. The Bertz CT molecular complexity index is 997. The van der Waals surface area contributed by atoms with Crippen LogP contribution in [-0.2, 0) is 16.6 Å². The van der Waals surface area contributed by atoms with Gasteiger partial charge in [-0.1, -0.05) is 57.9 Å².